The number of benzene rings is 1. The average molecular weight is 353 g/mol. The number of carbonyl (C=O) groups is 1. The van der Waals surface area contributed by atoms with Crippen LogP contribution < -0.4 is 10.6 Å². The van der Waals surface area contributed by atoms with Crippen LogP contribution in [0.25, 0.3) is 0 Å². The van der Waals surface area contributed by atoms with E-state index in [1.165, 1.54) is 6.92 Å². The maximum absolute atomic E-state index is 12.5. The van der Waals surface area contributed by atoms with E-state index in [-0.39, 0.29) is 6.54 Å². The molecule has 138 valence electrons. The monoisotopic (exact) mass is 353 g/mol. The first-order valence-corrected chi connectivity index (χ1v) is 8.55. The molecule has 0 spiro atoms. The van der Waals surface area contributed by atoms with Crippen molar-refractivity contribution in [3.63, 3.8) is 0 Å². The van der Waals surface area contributed by atoms with E-state index in [2.05, 4.69) is 30.4 Å². The van der Waals surface area contributed by atoms with E-state index in [1.807, 2.05) is 23.1 Å². The van der Waals surface area contributed by atoms with Gasteiger partial charge in [0.15, 0.2) is 5.60 Å². The van der Waals surface area contributed by atoms with Crippen molar-refractivity contribution >= 4 is 11.6 Å². The molecule has 5 heteroatoms. The molecule has 0 unspecified atom stereocenters. The Morgan fingerprint density at radius 2 is 2.04 bits per heavy atom. The molecule has 0 radical (unpaired) electrons. The van der Waals surface area contributed by atoms with E-state index in [9.17, 15) is 9.90 Å². The van der Waals surface area contributed by atoms with E-state index >= 15 is 0 Å². The highest BCUT2D eigenvalue weighted by Crippen LogP contribution is 2.20. The minimum absolute atomic E-state index is 0.172. The first-order valence-electron chi connectivity index (χ1n) is 8.55. The molecular formula is C21H27N3O2. The molecule has 0 saturated carbocycles. The zero-order valence-corrected chi connectivity index (χ0v) is 15.3. The van der Waals surface area contributed by atoms with Crippen LogP contribution in [0, 0.1) is 0 Å². The Kier molecular flexibility index (Phi) is 6.55. The van der Waals surface area contributed by atoms with Gasteiger partial charge in [-0.2, -0.15) is 0 Å². The first-order chi connectivity index (χ1) is 12.4. The van der Waals surface area contributed by atoms with Gasteiger partial charge < -0.3 is 15.7 Å². The second kappa shape index (κ2) is 8.65. The normalized spacial score (nSPS) is 20.9. The van der Waals surface area contributed by atoms with E-state index in [4.69, 9.17) is 0 Å². The number of aliphatic hydroxyl groups is 1. The molecule has 1 aromatic carbocycles. The van der Waals surface area contributed by atoms with Gasteiger partial charge in [0.1, 0.15) is 0 Å². The Bertz CT molecular complexity index is 720. The Hall–Kier alpha value is -2.63. The summed E-state index contributed by atoms with van der Waals surface area (Å²) in [4.78, 5) is 14.4. The Morgan fingerprint density at radius 1 is 1.35 bits per heavy atom. The third kappa shape index (κ3) is 5.18. The van der Waals surface area contributed by atoms with Gasteiger partial charge in [0.05, 0.1) is 6.67 Å². The average Bonchev–Trinajstić information content (AvgIpc) is 2.60. The summed E-state index contributed by atoms with van der Waals surface area (Å²) >= 11 is 0. The Labute approximate surface area is 155 Å². The number of anilines is 1. The zero-order chi connectivity index (χ0) is 19.2. The quantitative estimate of drug-likeness (QED) is 0.688. The number of allylic oxidation sites excluding steroid dienone is 3. The number of carbonyl (C=O) groups excluding carboxylic acids is 1. The maximum atomic E-state index is 12.5. The van der Waals surface area contributed by atoms with Gasteiger partial charge in [0, 0.05) is 24.5 Å². The zero-order valence-electron chi connectivity index (χ0n) is 15.3. The van der Waals surface area contributed by atoms with Gasteiger partial charge in [0.2, 0.25) is 0 Å². The lowest BCUT2D eigenvalue weighted by molar-refractivity contribution is -0.134. The van der Waals surface area contributed by atoms with E-state index in [0.717, 1.165) is 16.8 Å². The summed E-state index contributed by atoms with van der Waals surface area (Å²) in [5.74, 6) is -0.442. The lowest BCUT2D eigenvalue weighted by Crippen LogP contribution is -2.52. The molecule has 0 aromatic heterocycles. The van der Waals surface area contributed by atoms with Gasteiger partial charge in [-0.1, -0.05) is 49.6 Å². The molecule has 0 saturated heterocycles. The molecule has 1 amide bonds. The fourth-order valence-electron chi connectivity index (χ4n) is 2.89. The molecule has 0 aliphatic carbocycles. The van der Waals surface area contributed by atoms with Crippen molar-refractivity contribution in [2.24, 2.45) is 0 Å². The number of hydrogen-bond donors (Lipinski definition) is 3. The lowest BCUT2D eigenvalue weighted by Gasteiger charge is -2.33. The highest BCUT2D eigenvalue weighted by atomic mass is 16.3. The third-order valence-corrected chi connectivity index (χ3v) is 4.23. The van der Waals surface area contributed by atoms with Crippen LogP contribution in [0.3, 0.4) is 0 Å². The molecule has 1 aliphatic heterocycles. The van der Waals surface area contributed by atoms with Crippen LogP contribution in [0.1, 0.15) is 13.3 Å². The minimum atomic E-state index is -1.55. The van der Waals surface area contributed by atoms with Gasteiger partial charge >= 0.3 is 0 Å². The predicted octanol–water partition coefficient (Wildman–Crippen LogP) is 2.81. The number of para-hydroxylation sites is 1. The molecule has 1 aromatic rings. The Balaban J connectivity index is 2.07. The molecule has 1 atom stereocenters. The molecule has 5 nitrogen and oxygen atoms in total. The topological polar surface area (TPSA) is 64.6 Å². The number of hydrogen-bond acceptors (Lipinski definition) is 4. The van der Waals surface area contributed by atoms with E-state index in [0.29, 0.717) is 25.3 Å². The number of β-amino-alcohol motifs (C(OH)–C–C–N with tert-alkyl or cyclic N) is 1. The number of amides is 1. The Morgan fingerprint density at radius 3 is 2.65 bits per heavy atom. The number of rotatable bonds is 6. The standard InChI is InChI=1S/C21H27N3O2/c1-5-17-12-16(3)13-24(15-22-19(17)6-2)14-21(4,26)20(25)23-18-10-8-7-9-11-18/h5-11,22,26H,1-3,12-15H2,4H3,(H,23,25)/b19-17-/t21-/m0/s1. The smallest absolute Gasteiger partial charge is 0.257 e. The van der Waals surface area contributed by atoms with Gasteiger partial charge in [-0.05, 0) is 37.1 Å². The minimum Gasteiger partial charge on any atom is -0.379 e. The summed E-state index contributed by atoms with van der Waals surface area (Å²) in [5.41, 5.74) is 2.02. The second-order valence-electron chi connectivity index (χ2n) is 6.69. The van der Waals surface area contributed by atoms with E-state index in [1.54, 1.807) is 24.3 Å². The fraction of sp³-hybridized carbons (Fsp3) is 0.286. The van der Waals surface area contributed by atoms with Gasteiger partial charge in [-0.25, -0.2) is 0 Å². The predicted molar refractivity (Wildman–Crippen MR) is 106 cm³/mol. The molecule has 0 fully saturated rings. The summed E-state index contributed by atoms with van der Waals surface area (Å²) in [5, 5.41) is 16.7. The van der Waals surface area contributed by atoms with Crippen LogP contribution >= 0.6 is 0 Å². The maximum Gasteiger partial charge on any atom is 0.257 e. The molecule has 26 heavy (non-hydrogen) atoms. The summed E-state index contributed by atoms with van der Waals surface area (Å²) < 4.78 is 0. The number of nitrogens with one attached hydrogen (secondary N) is 2. The molecule has 3 N–H and O–H groups in total. The highest BCUT2D eigenvalue weighted by molar-refractivity contribution is 5.97. The van der Waals surface area contributed by atoms with Crippen LogP contribution in [0.15, 0.2) is 79.1 Å². The van der Waals surface area contributed by atoms with Crippen LogP contribution in [0.4, 0.5) is 5.69 Å². The molecule has 1 aliphatic rings. The summed E-state index contributed by atoms with van der Waals surface area (Å²) in [6.07, 6.45) is 4.22. The van der Waals surface area contributed by atoms with Crippen molar-refractivity contribution in [3.05, 3.63) is 79.1 Å². The van der Waals surface area contributed by atoms with Crippen LogP contribution in [0.2, 0.25) is 0 Å². The van der Waals surface area contributed by atoms with Gasteiger partial charge in [0.25, 0.3) is 5.91 Å². The fourth-order valence-corrected chi connectivity index (χ4v) is 2.89. The van der Waals surface area contributed by atoms with Crippen molar-refractivity contribution in [3.8, 4) is 0 Å². The van der Waals surface area contributed by atoms with Gasteiger partial charge in [-0.3, -0.25) is 9.69 Å². The van der Waals surface area contributed by atoms with Crippen molar-refractivity contribution in [1.29, 1.82) is 0 Å². The first kappa shape index (κ1) is 19.7. The van der Waals surface area contributed by atoms with Crippen molar-refractivity contribution in [2.75, 3.05) is 25.1 Å². The van der Waals surface area contributed by atoms with Crippen molar-refractivity contribution in [2.45, 2.75) is 18.9 Å². The molecule has 2 rings (SSSR count). The summed E-state index contributed by atoms with van der Waals surface area (Å²) in [6, 6.07) is 9.10. The molecule has 0 bridgehead atoms. The van der Waals surface area contributed by atoms with Gasteiger partial charge in [-0.15, -0.1) is 0 Å². The van der Waals surface area contributed by atoms with Crippen LogP contribution in [-0.4, -0.2) is 41.3 Å². The highest BCUT2D eigenvalue weighted by Gasteiger charge is 2.33. The summed E-state index contributed by atoms with van der Waals surface area (Å²) in [7, 11) is 0. The van der Waals surface area contributed by atoms with E-state index < -0.39 is 11.5 Å². The lowest BCUT2D eigenvalue weighted by atomic mass is 10.0. The molecular weight excluding hydrogens is 326 g/mol. The van der Waals surface area contributed by atoms with Crippen LogP contribution in [-0.2, 0) is 4.79 Å². The number of nitrogens with zero attached hydrogens (tertiary/aromatic N) is 1. The van der Waals surface area contributed by atoms with Crippen molar-refractivity contribution in [1.82, 2.24) is 10.2 Å². The van der Waals surface area contributed by atoms with Crippen LogP contribution in [0.5, 0.6) is 0 Å². The third-order valence-electron chi connectivity index (χ3n) is 4.23. The largest absolute Gasteiger partial charge is 0.379 e. The second-order valence-corrected chi connectivity index (χ2v) is 6.69. The summed E-state index contributed by atoms with van der Waals surface area (Å²) in [6.45, 7) is 14.5. The SMILES string of the molecule is C=C/C1=C(\C=C)NCN(C[C@](C)(O)C(=O)Nc2ccccc2)CC(=C)C1. The molecule has 1 heterocycles. The van der Waals surface area contributed by atoms with Crippen molar-refractivity contribution < 1.29 is 9.90 Å².